The normalized spacial score (nSPS) is 14.5. The van der Waals surface area contributed by atoms with Gasteiger partial charge in [-0.05, 0) is 18.1 Å². The van der Waals surface area contributed by atoms with Gasteiger partial charge in [0.25, 0.3) is 0 Å². The lowest BCUT2D eigenvalue weighted by atomic mass is 10.0. The van der Waals surface area contributed by atoms with Crippen molar-refractivity contribution < 1.29 is 24.2 Å². The number of carboxylic acids is 1. The highest BCUT2D eigenvalue weighted by Crippen LogP contribution is 2.13. The largest absolute Gasteiger partial charge is 0.478 e. The molecule has 1 aliphatic heterocycles. The Labute approximate surface area is 140 Å². The second kappa shape index (κ2) is 8.44. The number of aromatic carboxylic acids is 1. The van der Waals surface area contributed by atoms with Gasteiger partial charge in [-0.15, -0.1) is 0 Å². The van der Waals surface area contributed by atoms with E-state index in [4.69, 9.17) is 9.84 Å². The van der Waals surface area contributed by atoms with Crippen LogP contribution in [0.2, 0.25) is 0 Å². The second-order valence-electron chi connectivity index (χ2n) is 5.66. The fraction of sp³-hybridized carbons (Fsp3) is 0.471. The van der Waals surface area contributed by atoms with Crippen LogP contribution in [0.25, 0.3) is 0 Å². The van der Waals surface area contributed by atoms with E-state index in [1.807, 2.05) is 0 Å². The molecule has 1 fully saturated rings. The van der Waals surface area contributed by atoms with Gasteiger partial charge < -0.3 is 19.6 Å². The van der Waals surface area contributed by atoms with Gasteiger partial charge in [-0.1, -0.05) is 18.2 Å². The number of ether oxygens (including phenoxy) is 1. The van der Waals surface area contributed by atoms with Crippen LogP contribution in [0.4, 0.5) is 0 Å². The number of aryl methyl sites for hydroxylation is 1. The lowest BCUT2D eigenvalue weighted by Gasteiger charge is -2.34. The maximum absolute atomic E-state index is 12.3. The van der Waals surface area contributed by atoms with Gasteiger partial charge in [0.1, 0.15) is 6.61 Å². The number of carbonyl (C=O) groups is 3. The molecule has 0 atom stereocenters. The molecule has 130 valence electrons. The van der Waals surface area contributed by atoms with Crippen LogP contribution in [-0.2, 0) is 20.7 Å². The van der Waals surface area contributed by atoms with Crippen molar-refractivity contribution >= 4 is 17.8 Å². The van der Waals surface area contributed by atoms with E-state index in [9.17, 15) is 14.4 Å². The van der Waals surface area contributed by atoms with Crippen LogP contribution in [0.1, 0.15) is 22.3 Å². The number of benzene rings is 1. The van der Waals surface area contributed by atoms with E-state index in [1.54, 1.807) is 34.1 Å². The zero-order valence-electron chi connectivity index (χ0n) is 13.7. The van der Waals surface area contributed by atoms with Crippen LogP contribution in [0.15, 0.2) is 24.3 Å². The number of amides is 2. The van der Waals surface area contributed by atoms with Gasteiger partial charge in [0, 0.05) is 39.7 Å². The maximum Gasteiger partial charge on any atom is 0.335 e. The average Bonchev–Trinajstić information content (AvgIpc) is 2.60. The van der Waals surface area contributed by atoms with Gasteiger partial charge in [0.2, 0.25) is 11.8 Å². The molecule has 0 spiro atoms. The minimum atomic E-state index is -0.983. The molecule has 1 aromatic carbocycles. The number of rotatable bonds is 6. The van der Waals surface area contributed by atoms with E-state index in [2.05, 4.69) is 0 Å². The lowest BCUT2D eigenvalue weighted by molar-refractivity contribution is -0.141. The standard InChI is InChI=1S/C17H22N2O5/c1-24-12-16(21)19-10-8-18(9-11-19)15(20)7-6-13-4-2-3-5-14(13)17(22)23/h2-5H,6-12H2,1H3,(H,22,23). The summed E-state index contributed by atoms with van der Waals surface area (Å²) < 4.78 is 4.83. The first-order valence-electron chi connectivity index (χ1n) is 7.88. The summed E-state index contributed by atoms with van der Waals surface area (Å²) in [6, 6.07) is 6.72. The Kier molecular flexibility index (Phi) is 6.31. The molecule has 2 amide bonds. The Morgan fingerprint density at radius 2 is 1.62 bits per heavy atom. The van der Waals surface area contributed by atoms with Crippen LogP contribution in [0, 0.1) is 0 Å². The summed E-state index contributed by atoms with van der Waals surface area (Å²) in [4.78, 5) is 38.6. The third kappa shape index (κ3) is 4.55. The van der Waals surface area contributed by atoms with E-state index in [-0.39, 0.29) is 30.4 Å². The number of hydrogen-bond acceptors (Lipinski definition) is 4. The molecule has 1 saturated heterocycles. The molecule has 2 rings (SSSR count). The summed E-state index contributed by atoms with van der Waals surface area (Å²) in [7, 11) is 1.48. The molecule has 24 heavy (non-hydrogen) atoms. The van der Waals surface area contributed by atoms with Crippen LogP contribution in [0.5, 0.6) is 0 Å². The van der Waals surface area contributed by atoms with Gasteiger partial charge in [-0.3, -0.25) is 9.59 Å². The van der Waals surface area contributed by atoms with Crippen molar-refractivity contribution in [3.63, 3.8) is 0 Å². The summed E-state index contributed by atoms with van der Waals surface area (Å²) in [6.45, 7) is 2.04. The topological polar surface area (TPSA) is 87.2 Å². The van der Waals surface area contributed by atoms with E-state index < -0.39 is 5.97 Å². The van der Waals surface area contributed by atoms with Crippen LogP contribution >= 0.6 is 0 Å². The Bertz CT molecular complexity index is 609. The summed E-state index contributed by atoms with van der Waals surface area (Å²) in [5, 5.41) is 9.16. The SMILES string of the molecule is COCC(=O)N1CCN(C(=O)CCc2ccccc2C(=O)O)CC1. The number of methoxy groups -OCH3 is 1. The number of nitrogens with zero attached hydrogens (tertiary/aromatic N) is 2. The summed E-state index contributed by atoms with van der Waals surface area (Å²) >= 11 is 0. The molecular weight excluding hydrogens is 312 g/mol. The van der Waals surface area contributed by atoms with Crippen molar-refractivity contribution in [2.75, 3.05) is 39.9 Å². The molecule has 1 aromatic rings. The maximum atomic E-state index is 12.3. The fourth-order valence-corrected chi connectivity index (χ4v) is 2.77. The Morgan fingerprint density at radius 1 is 1.04 bits per heavy atom. The summed E-state index contributed by atoms with van der Waals surface area (Å²) in [5.41, 5.74) is 0.896. The molecule has 0 aliphatic carbocycles. The highest BCUT2D eigenvalue weighted by Gasteiger charge is 2.24. The van der Waals surface area contributed by atoms with E-state index >= 15 is 0 Å². The number of piperazine rings is 1. The van der Waals surface area contributed by atoms with Crippen molar-refractivity contribution in [1.29, 1.82) is 0 Å². The molecule has 7 heteroatoms. The molecule has 0 unspecified atom stereocenters. The Hall–Kier alpha value is -2.41. The average molecular weight is 334 g/mol. The third-order valence-corrected chi connectivity index (χ3v) is 4.11. The highest BCUT2D eigenvalue weighted by atomic mass is 16.5. The van der Waals surface area contributed by atoms with Gasteiger partial charge in [-0.2, -0.15) is 0 Å². The van der Waals surface area contributed by atoms with Gasteiger partial charge in [-0.25, -0.2) is 4.79 Å². The molecule has 7 nitrogen and oxygen atoms in total. The third-order valence-electron chi connectivity index (χ3n) is 4.11. The molecule has 1 heterocycles. The Balaban J connectivity index is 1.84. The minimum absolute atomic E-state index is 0.0194. The highest BCUT2D eigenvalue weighted by molar-refractivity contribution is 5.89. The van der Waals surface area contributed by atoms with Crippen LogP contribution in [-0.4, -0.2) is 72.6 Å². The lowest BCUT2D eigenvalue weighted by Crippen LogP contribution is -2.51. The van der Waals surface area contributed by atoms with Crippen LogP contribution < -0.4 is 0 Å². The van der Waals surface area contributed by atoms with Crippen molar-refractivity contribution in [2.45, 2.75) is 12.8 Å². The second-order valence-corrected chi connectivity index (χ2v) is 5.66. The fourth-order valence-electron chi connectivity index (χ4n) is 2.77. The molecule has 1 N–H and O–H groups in total. The first kappa shape index (κ1) is 17.9. The smallest absolute Gasteiger partial charge is 0.335 e. The number of carbonyl (C=O) groups excluding carboxylic acids is 2. The van der Waals surface area contributed by atoms with Crippen molar-refractivity contribution in [3.8, 4) is 0 Å². The number of carboxylic acid groups (broad SMARTS) is 1. The van der Waals surface area contributed by atoms with Gasteiger partial charge in [0.15, 0.2) is 0 Å². The predicted molar refractivity (Wildman–Crippen MR) is 86.8 cm³/mol. The van der Waals surface area contributed by atoms with Gasteiger partial charge in [0.05, 0.1) is 5.56 Å². The summed E-state index contributed by atoms with van der Waals surface area (Å²) in [6.07, 6.45) is 0.653. The molecule has 1 aliphatic rings. The monoisotopic (exact) mass is 334 g/mol. The minimum Gasteiger partial charge on any atom is -0.478 e. The van der Waals surface area contributed by atoms with Crippen molar-refractivity contribution in [2.24, 2.45) is 0 Å². The molecule has 0 bridgehead atoms. The zero-order chi connectivity index (χ0) is 17.5. The Morgan fingerprint density at radius 3 is 2.21 bits per heavy atom. The van der Waals surface area contributed by atoms with Crippen molar-refractivity contribution in [3.05, 3.63) is 35.4 Å². The first-order valence-corrected chi connectivity index (χ1v) is 7.88. The predicted octanol–water partition coefficient (Wildman–Crippen LogP) is 0.635. The summed E-state index contributed by atoms with van der Waals surface area (Å²) in [5.74, 6) is -1.07. The molecular formula is C17H22N2O5. The van der Waals surface area contributed by atoms with E-state index in [0.29, 0.717) is 38.2 Å². The van der Waals surface area contributed by atoms with E-state index in [1.165, 1.54) is 7.11 Å². The van der Waals surface area contributed by atoms with Crippen molar-refractivity contribution in [1.82, 2.24) is 9.80 Å². The molecule has 0 saturated carbocycles. The number of hydrogen-bond donors (Lipinski definition) is 1. The quantitative estimate of drug-likeness (QED) is 0.825. The molecule has 0 aromatic heterocycles. The van der Waals surface area contributed by atoms with Gasteiger partial charge >= 0.3 is 5.97 Å². The van der Waals surface area contributed by atoms with Crippen LogP contribution in [0.3, 0.4) is 0 Å². The first-order chi connectivity index (χ1) is 11.5. The molecule has 0 radical (unpaired) electrons. The van der Waals surface area contributed by atoms with E-state index in [0.717, 1.165) is 0 Å². The zero-order valence-corrected chi connectivity index (χ0v) is 13.7.